The van der Waals surface area contributed by atoms with E-state index in [1.54, 1.807) is 18.5 Å². The maximum Gasteiger partial charge on any atom is 0.181 e. The van der Waals surface area contributed by atoms with E-state index < -0.39 is 0 Å². The second kappa shape index (κ2) is 4.74. The second-order valence-corrected chi connectivity index (χ2v) is 3.87. The van der Waals surface area contributed by atoms with E-state index in [2.05, 4.69) is 9.97 Å². The lowest BCUT2D eigenvalue weighted by atomic mass is 10.1. The van der Waals surface area contributed by atoms with Gasteiger partial charge in [-0.25, -0.2) is 4.74 Å². The minimum atomic E-state index is 0.767. The average molecular weight is 227 g/mol. The molecule has 0 saturated carbocycles. The van der Waals surface area contributed by atoms with E-state index in [4.69, 9.17) is 0 Å². The van der Waals surface area contributed by atoms with E-state index in [9.17, 15) is 5.21 Å². The van der Waals surface area contributed by atoms with Crippen LogP contribution in [-0.4, -0.2) is 28.0 Å². The highest BCUT2D eigenvalue weighted by molar-refractivity contribution is 5.77. The van der Waals surface area contributed by atoms with Gasteiger partial charge >= 0.3 is 0 Å². The van der Waals surface area contributed by atoms with E-state index in [1.165, 1.54) is 13.3 Å². The molecule has 0 unspecified atom stereocenters. The lowest BCUT2D eigenvalue weighted by Crippen LogP contribution is -1.98. The molecule has 0 aromatic carbocycles. The van der Waals surface area contributed by atoms with Gasteiger partial charge in [0.15, 0.2) is 6.21 Å². The molecule has 0 radical (unpaired) electrons. The summed E-state index contributed by atoms with van der Waals surface area (Å²) in [6.45, 7) is 2.01. The fourth-order valence-electron chi connectivity index (χ4n) is 1.55. The number of hydrogen-bond acceptors (Lipinski definition) is 3. The molecule has 0 saturated heterocycles. The normalized spacial score (nSPS) is 11.5. The molecule has 0 amide bonds. The SMILES string of the molecule is Cc1ccnc(-c2cc(/C=[N+](/C)[O-])ccn2)c1. The van der Waals surface area contributed by atoms with Crippen molar-refractivity contribution in [3.05, 3.63) is 53.0 Å². The maximum absolute atomic E-state index is 10.9. The largest absolute Gasteiger partial charge is 0.624 e. The Kier molecular flexibility index (Phi) is 3.14. The average Bonchev–Trinajstić information content (AvgIpc) is 2.28. The molecule has 0 aliphatic carbocycles. The van der Waals surface area contributed by atoms with Gasteiger partial charge in [0.2, 0.25) is 0 Å². The van der Waals surface area contributed by atoms with Crippen molar-refractivity contribution >= 4 is 6.21 Å². The van der Waals surface area contributed by atoms with Gasteiger partial charge in [-0.3, -0.25) is 9.97 Å². The Morgan fingerprint density at radius 3 is 2.41 bits per heavy atom. The lowest BCUT2D eigenvalue weighted by molar-refractivity contribution is -0.416. The number of aromatic nitrogens is 2. The Morgan fingerprint density at radius 1 is 1.12 bits per heavy atom. The van der Waals surface area contributed by atoms with Crippen molar-refractivity contribution in [1.82, 2.24) is 9.97 Å². The highest BCUT2D eigenvalue weighted by Gasteiger charge is 2.02. The van der Waals surface area contributed by atoms with E-state index in [-0.39, 0.29) is 0 Å². The number of nitrogens with zero attached hydrogens (tertiary/aromatic N) is 3. The molecule has 0 aliphatic heterocycles. The van der Waals surface area contributed by atoms with Gasteiger partial charge in [-0.1, -0.05) is 0 Å². The Bertz CT molecular complexity index is 560. The number of aryl methyl sites for hydroxylation is 1. The second-order valence-electron chi connectivity index (χ2n) is 3.87. The minimum absolute atomic E-state index is 0.767. The zero-order chi connectivity index (χ0) is 12.3. The van der Waals surface area contributed by atoms with Crippen molar-refractivity contribution in [1.29, 1.82) is 0 Å². The summed E-state index contributed by atoms with van der Waals surface area (Å²) in [5.41, 5.74) is 3.53. The van der Waals surface area contributed by atoms with Crippen LogP contribution in [0.2, 0.25) is 0 Å². The fourth-order valence-corrected chi connectivity index (χ4v) is 1.55. The van der Waals surface area contributed by atoms with Gasteiger partial charge in [0, 0.05) is 18.0 Å². The summed E-state index contributed by atoms with van der Waals surface area (Å²) in [4.78, 5) is 8.52. The Hall–Kier alpha value is -2.23. The predicted molar refractivity (Wildman–Crippen MR) is 66.9 cm³/mol. The Labute approximate surface area is 99.9 Å². The summed E-state index contributed by atoms with van der Waals surface area (Å²) < 4.78 is 0.767. The molecule has 2 aromatic heterocycles. The molecule has 0 aliphatic rings. The van der Waals surface area contributed by atoms with Crippen LogP contribution in [-0.2, 0) is 0 Å². The zero-order valence-corrected chi connectivity index (χ0v) is 9.79. The molecule has 4 nitrogen and oxygen atoms in total. The first-order valence-corrected chi connectivity index (χ1v) is 5.29. The van der Waals surface area contributed by atoms with Gasteiger partial charge in [-0.15, -0.1) is 0 Å². The van der Waals surface area contributed by atoms with Gasteiger partial charge in [0.25, 0.3) is 0 Å². The molecular weight excluding hydrogens is 214 g/mol. The van der Waals surface area contributed by atoms with Crippen molar-refractivity contribution in [3.8, 4) is 11.4 Å². The van der Waals surface area contributed by atoms with Crippen LogP contribution >= 0.6 is 0 Å². The smallest absolute Gasteiger partial charge is 0.181 e. The first kappa shape index (κ1) is 11.3. The molecule has 0 bridgehead atoms. The third-order valence-electron chi connectivity index (χ3n) is 2.29. The number of rotatable bonds is 2. The number of hydrogen-bond donors (Lipinski definition) is 0. The van der Waals surface area contributed by atoms with Crippen LogP contribution in [0.3, 0.4) is 0 Å². The van der Waals surface area contributed by atoms with E-state index in [0.717, 1.165) is 27.3 Å². The predicted octanol–water partition coefficient (Wildman–Crippen LogP) is 2.01. The molecule has 0 fully saturated rings. The van der Waals surface area contributed by atoms with Crippen molar-refractivity contribution in [2.24, 2.45) is 0 Å². The summed E-state index contributed by atoms with van der Waals surface area (Å²) in [5.74, 6) is 0. The zero-order valence-electron chi connectivity index (χ0n) is 9.79. The van der Waals surface area contributed by atoms with Crippen LogP contribution < -0.4 is 0 Å². The standard InChI is InChI=1S/C13H13N3O/c1-10-3-5-14-12(7-10)13-8-11(4-6-15-13)9-16(2)17/h3-9H,1-2H3/b16-9-. The summed E-state index contributed by atoms with van der Waals surface area (Å²) >= 11 is 0. The Morgan fingerprint density at radius 2 is 1.76 bits per heavy atom. The first-order valence-electron chi connectivity index (χ1n) is 5.29. The third-order valence-corrected chi connectivity index (χ3v) is 2.29. The van der Waals surface area contributed by atoms with Gasteiger partial charge in [-0.2, -0.15) is 0 Å². The van der Waals surface area contributed by atoms with Crippen LogP contribution in [0.5, 0.6) is 0 Å². The molecule has 2 rings (SSSR count). The molecular formula is C13H13N3O. The summed E-state index contributed by atoms with van der Waals surface area (Å²) in [6.07, 6.45) is 4.93. The molecule has 86 valence electrons. The van der Waals surface area contributed by atoms with Gasteiger partial charge in [-0.05, 0) is 36.8 Å². The quantitative estimate of drug-likeness (QED) is 0.341. The van der Waals surface area contributed by atoms with Crippen molar-refractivity contribution in [2.45, 2.75) is 6.92 Å². The van der Waals surface area contributed by atoms with Crippen molar-refractivity contribution in [2.75, 3.05) is 7.05 Å². The van der Waals surface area contributed by atoms with Crippen molar-refractivity contribution in [3.63, 3.8) is 0 Å². The highest BCUT2D eigenvalue weighted by atomic mass is 16.5. The highest BCUT2D eigenvalue weighted by Crippen LogP contribution is 2.15. The monoisotopic (exact) mass is 227 g/mol. The molecule has 0 spiro atoms. The van der Waals surface area contributed by atoms with Crippen molar-refractivity contribution < 1.29 is 4.74 Å². The number of pyridine rings is 2. The first-order chi connectivity index (χ1) is 8.15. The maximum atomic E-state index is 10.9. The fraction of sp³-hybridized carbons (Fsp3) is 0.154. The molecule has 4 heteroatoms. The molecule has 17 heavy (non-hydrogen) atoms. The molecule has 2 heterocycles. The van der Waals surface area contributed by atoms with Gasteiger partial charge in [0.1, 0.15) is 7.05 Å². The van der Waals surface area contributed by atoms with Crippen LogP contribution in [0, 0.1) is 12.1 Å². The van der Waals surface area contributed by atoms with Gasteiger partial charge < -0.3 is 5.21 Å². The third kappa shape index (κ3) is 2.87. The summed E-state index contributed by atoms with van der Waals surface area (Å²) in [7, 11) is 1.45. The van der Waals surface area contributed by atoms with Crippen LogP contribution in [0.1, 0.15) is 11.1 Å². The molecule has 0 atom stereocenters. The van der Waals surface area contributed by atoms with Gasteiger partial charge in [0.05, 0.1) is 11.4 Å². The van der Waals surface area contributed by atoms with E-state index in [1.807, 2.05) is 25.1 Å². The van der Waals surface area contributed by atoms with Crippen LogP contribution in [0.15, 0.2) is 36.7 Å². The van der Waals surface area contributed by atoms with Crippen LogP contribution in [0.4, 0.5) is 0 Å². The lowest BCUT2D eigenvalue weighted by Gasteiger charge is -2.02. The molecule has 2 aromatic rings. The topological polar surface area (TPSA) is 51.9 Å². The minimum Gasteiger partial charge on any atom is -0.624 e. The Balaban J connectivity index is 2.43. The number of hydroxylamine groups is 1. The summed E-state index contributed by atoms with van der Waals surface area (Å²) in [6, 6.07) is 7.53. The summed E-state index contributed by atoms with van der Waals surface area (Å²) in [5, 5.41) is 10.9. The molecule has 0 N–H and O–H groups in total. The van der Waals surface area contributed by atoms with Crippen LogP contribution in [0.25, 0.3) is 11.4 Å². The van der Waals surface area contributed by atoms with E-state index in [0.29, 0.717) is 0 Å². The van der Waals surface area contributed by atoms with E-state index >= 15 is 0 Å².